The van der Waals surface area contributed by atoms with Crippen LogP contribution in [0.15, 0.2) is 42.7 Å². The molecule has 1 aromatic heterocycles. The molecule has 1 amide bonds. The van der Waals surface area contributed by atoms with Crippen LogP contribution in [-0.4, -0.2) is 29.0 Å². The largest absolute Gasteiger partial charge is 0.348 e. The average Bonchev–Trinajstić information content (AvgIpc) is 3.08. The molecule has 3 rings (SSSR count). The van der Waals surface area contributed by atoms with Gasteiger partial charge in [0.2, 0.25) is 5.95 Å². The molecule has 0 radical (unpaired) electrons. The predicted molar refractivity (Wildman–Crippen MR) is 81.1 cm³/mol. The standard InChI is InChI=1S/C16H18N4O/c21-15(17-10-13-6-2-1-3-7-13)14-11-18-16(19-12-14)20-8-4-5-9-20/h1-3,6-7,11-12H,4-5,8-10H2,(H,17,21). The number of benzene rings is 1. The van der Waals surface area contributed by atoms with Gasteiger partial charge in [0.15, 0.2) is 0 Å². The molecule has 1 saturated heterocycles. The first-order valence-corrected chi connectivity index (χ1v) is 7.22. The van der Waals surface area contributed by atoms with Gasteiger partial charge in [-0.2, -0.15) is 0 Å². The van der Waals surface area contributed by atoms with Crippen LogP contribution in [-0.2, 0) is 6.54 Å². The van der Waals surface area contributed by atoms with Crippen molar-refractivity contribution in [2.45, 2.75) is 19.4 Å². The minimum Gasteiger partial charge on any atom is -0.348 e. The van der Waals surface area contributed by atoms with Crippen LogP contribution >= 0.6 is 0 Å². The van der Waals surface area contributed by atoms with Gasteiger partial charge in [0.25, 0.3) is 5.91 Å². The van der Waals surface area contributed by atoms with Gasteiger partial charge in [-0.05, 0) is 18.4 Å². The normalized spacial score (nSPS) is 14.2. The average molecular weight is 282 g/mol. The van der Waals surface area contributed by atoms with E-state index in [2.05, 4.69) is 20.2 Å². The van der Waals surface area contributed by atoms with E-state index in [1.54, 1.807) is 12.4 Å². The summed E-state index contributed by atoms with van der Waals surface area (Å²) >= 11 is 0. The fraction of sp³-hybridized carbons (Fsp3) is 0.312. The van der Waals surface area contributed by atoms with Gasteiger partial charge in [-0.1, -0.05) is 30.3 Å². The number of nitrogens with one attached hydrogen (secondary N) is 1. The first-order valence-electron chi connectivity index (χ1n) is 7.22. The summed E-state index contributed by atoms with van der Waals surface area (Å²) in [6.07, 6.45) is 5.56. The highest BCUT2D eigenvalue weighted by Gasteiger charge is 2.15. The van der Waals surface area contributed by atoms with E-state index in [1.807, 2.05) is 30.3 Å². The van der Waals surface area contributed by atoms with Crippen molar-refractivity contribution in [1.82, 2.24) is 15.3 Å². The molecule has 5 heteroatoms. The number of hydrogen-bond acceptors (Lipinski definition) is 4. The van der Waals surface area contributed by atoms with Crippen LogP contribution in [0.1, 0.15) is 28.8 Å². The molecule has 21 heavy (non-hydrogen) atoms. The summed E-state index contributed by atoms with van der Waals surface area (Å²) in [7, 11) is 0. The van der Waals surface area contributed by atoms with E-state index in [4.69, 9.17) is 0 Å². The molecule has 0 bridgehead atoms. The smallest absolute Gasteiger partial charge is 0.254 e. The summed E-state index contributed by atoms with van der Waals surface area (Å²) in [5.41, 5.74) is 1.56. The van der Waals surface area contributed by atoms with Gasteiger partial charge in [-0.25, -0.2) is 9.97 Å². The quantitative estimate of drug-likeness (QED) is 0.932. The Morgan fingerprint density at radius 1 is 1.10 bits per heavy atom. The zero-order valence-electron chi connectivity index (χ0n) is 11.8. The molecule has 2 aromatic rings. The van der Waals surface area contributed by atoms with Gasteiger partial charge in [0.05, 0.1) is 5.56 Å². The monoisotopic (exact) mass is 282 g/mol. The van der Waals surface area contributed by atoms with Crippen LogP contribution in [0.2, 0.25) is 0 Å². The molecule has 1 N–H and O–H groups in total. The van der Waals surface area contributed by atoms with Crippen molar-refractivity contribution in [3.63, 3.8) is 0 Å². The molecule has 0 saturated carbocycles. The lowest BCUT2D eigenvalue weighted by molar-refractivity contribution is 0.0950. The fourth-order valence-corrected chi connectivity index (χ4v) is 2.40. The highest BCUT2D eigenvalue weighted by atomic mass is 16.1. The van der Waals surface area contributed by atoms with Crippen LogP contribution in [0.4, 0.5) is 5.95 Å². The number of hydrogen-bond donors (Lipinski definition) is 1. The Labute approximate surface area is 124 Å². The van der Waals surface area contributed by atoms with Crippen LogP contribution in [0.3, 0.4) is 0 Å². The fourth-order valence-electron chi connectivity index (χ4n) is 2.40. The first kappa shape index (κ1) is 13.5. The zero-order chi connectivity index (χ0) is 14.5. The number of carbonyl (C=O) groups excluding carboxylic acids is 1. The second-order valence-corrected chi connectivity index (χ2v) is 5.13. The molecule has 5 nitrogen and oxygen atoms in total. The lowest BCUT2D eigenvalue weighted by Crippen LogP contribution is -2.24. The lowest BCUT2D eigenvalue weighted by Gasteiger charge is -2.14. The van der Waals surface area contributed by atoms with Crippen LogP contribution < -0.4 is 10.2 Å². The molecule has 0 unspecified atom stereocenters. The number of anilines is 1. The molecular weight excluding hydrogens is 264 g/mol. The van der Waals surface area contributed by atoms with Crippen LogP contribution in [0.5, 0.6) is 0 Å². The van der Waals surface area contributed by atoms with Gasteiger partial charge < -0.3 is 10.2 Å². The molecule has 0 atom stereocenters. The summed E-state index contributed by atoms with van der Waals surface area (Å²) in [4.78, 5) is 22.8. The Balaban J connectivity index is 1.59. The maximum Gasteiger partial charge on any atom is 0.254 e. The van der Waals surface area contributed by atoms with Crippen molar-refractivity contribution in [1.29, 1.82) is 0 Å². The summed E-state index contributed by atoms with van der Waals surface area (Å²) in [6.45, 7) is 2.51. The highest BCUT2D eigenvalue weighted by Crippen LogP contribution is 2.14. The molecule has 0 spiro atoms. The van der Waals surface area contributed by atoms with Gasteiger partial charge in [0.1, 0.15) is 0 Å². The predicted octanol–water partition coefficient (Wildman–Crippen LogP) is 2.01. The molecule has 1 fully saturated rings. The van der Waals surface area contributed by atoms with Crippen molar-refractivity contribution < 1.29 is 4.79 Å². The third-order valence-corrected chi connectivity index (χ3v) is 3.59. The van der Waals surface area contributed by atoms with Crippen molar-refractivity contribution in [2.75, 3.05) is 18.0 Å². The number of rotatable bonds is 4. The Kier molecular flexibility index (Phi) is 4.09. The Morgan fingerprint density at radius 3 is 2.43 bits per heavy atom. The van der Waals surface area contributed by atoms with Gasteiger partial charge in [-0.3, -0.25) is 4.79 Å². The second kappa shape index (κ2) is 6.35. The number of carbonyl (C=O) groups is 1. The molecule has 2 heterocycles. The van der Waals surface area contributed by atoms with E-state index < -0.39 is 0 Å². The summed E-state index contributed by atoms with van der Waals surface area (Å²) in [5.74, 6) is 0.568. The Hall–Kier alpha value is -2.43. The Bertz CT molecular complexity index is 591. The third kappa shape index (κ3) is 3.37. The van der Waals surface area contributed by atoms with Crippen LogP contribution in [0, 0.1) is 0 Å². The molecule has 1 aliphatic rings. The highest BCUT2D eigenvalue weighted by molar-refractivity contribution is 5.93. The lowest BCUT2D eigenvalue weighted by atomic mass is 10.2. The third-order valence-electron chi connectivity index (χ3n) is 3.59. The minimum absolute atomic E-state index is 0.146. The number of aromatic nitrogens is 2. The van der Waals surface area contributed by atoms with E-state index >= 15 is 0 Å². The Morgan fingerprint density at radius 2 is 1.76 bits per heavy atom. The molecule has 1 aliphatic heterocycles. The molecular formula is C16H18N4O. The first-order chi connectivity index (χ1) is 10.3. The van der Waals surface area contributed by atoms with Crippen molar-refractivity contribution in [3.8, 4) is 0 Å². The zero-order valence-corrected chi connectivity index (χ0v) is 11.8. The number of amides is 1. The number of nitrogens with zero attached hydrogens (tertiary/aromatic N) is 3. The summed E-state index contributed by atoms with van der Waals surface area (Å²) < 4.78 is 0. The van der Waals surface area contributed by atoms with Gasteiger partial charge in [0, 0.05) is 32.0 Å². The van der Waals surface area contributed by atoms with Crippen molar-refractivity contribution in [3.05, 3.63) is 53.9 Å². The topological polar surface area (TPSA) is 58.1 Å². The SMILES string of the molecule is O=C(NCc1ccccc1)c1cnc(N2CCCC2)nc1. The summed E-state index contributed by atoms with van der Waals surface area (Å²) in [6, 6.07) is 9.82. The second-order valence-electron chi connectivity index (χ2n) is 5.13. The van der Waals surface area contributed by atoms with Crippen LogP contribution in [0.25, 0.3) is 0 Å². The maximum atomic E-state index is 12.0. The van der Waals surface area contributed by atoms with E-state index in [9.17, 15) is 4.79 Å². The minimum atomic E-state index is -0.146. The maximum absolute atomic E-state index is 12.0. The molecule has 108 valence electrons. The van der Waals surface area contributed by atoms with E-state index in [-0.39, 0.29) is 5.91 Å². The van der Waals surface area contributed by atoms with Gasteiger partial charge in [-0.15, -0.1) is 0 Å². The molecule has 1 aromatic carbocycles. The molecule has 0 aliphatic carbocycles. The van der Waals surface area contributed by atoms with Crippen molar-refractivity contribution in [2.24, 2.45) is 0 Å². The van der Waals surface area contributed by atoms with Gasteiger partial charge >= 0.3 is 0 Å². The van der Waals surface area contributed by atoms with E-state index in [0.717, 1.165) is 18.7 Å². The van der Waals surface area contributed by atoms with E-state index in [0.29, 0.717) is 18.1 Å². The summed E-state index contributed by atoms with van der Waals surface area (Å²) in [5, 5.41) is 2.87. The van der Waals surface area contributed by atoms with Crippen molar-refractivity contribution >= 4 is 11.9 Å². The van der Waals surface area contributed by atoms with E-state index in [1.165, 1.54) is 12.8 Å².